The SMILES string of the molecule is O=C(N[C@@H](CO)c1ccccc1)c1ccc(Cl)nn1. The maximum Gasteiger partial charge on any atom is 0.272 e. The van der Waals surface area contributed by atoms with Gasteiger partial charge in [-0.05, 0) is 17.7 Å². The zero-order chi connectivity index (χ0) is 13.7. The van der Waals surface area contributed by atoms with Gasteiger partial charge < -0.3 is 10.4 Å². The summed E-state index contributed by atoms with van der Waals surface area (Å²) in [7, 11) is 0. The van der Waals surface area contributed by atoms with Crippen LogP contribution in [0.25, 0.3) is 0 Å². The molecular weight excluding hydrogens is 266 g/mol. The molecule has 0 bridgehead atoms. The number of aliphatic hydroxyl groups is 1. The summed E-state index contributed by atoms with van der Waals surface area (Å²) in [4.78, 5) is 11.9. The summed E-state index contributed by atoms with van der Waals surface area (Å²) in [6.07, 6.45) is 0. The van der Waals surface area contributed by atoms with Crippen LogP contribution in [0.2, 0.25) is 5.15 Å². The highest BCUT2D eigenvalue weighted by molar-refractivity contribution is 6.29. The predicted octanol–water partition coefficient (Wildman–Crippen LogP) is 1.59. The molecule has 6 heteroatoms. The van der Waals surface area contributed by atoms with E-state index in [9.17, 15) is 9.90 Å². The molecule has 0 aliphatic heterocycles. The van der Waals surface area contributed by atoms with Crippen LogP contribution in [0.5, 0.6) is 0 Å². The van der Waals surface area contributed by atoms with Crippen LogP contribution in [-0.2, 0) is 0 Å². The second-order valence-corrected chi connectivity index (χ2v) is 4.25. The number of aliphatic hydroxyl groups excluding tert-OH is 1. The third kappa shape index (κ3) is 3.49. The molecule has 0 aliphatic rings. The monoisotopic (exact) mass is 277 g/mol. The first-order chi connectivity index (χ1) is 9.20. The average Bonchev–Trinajstić information content (AvgIpc) is 2.46. The van der Waals surface area contributed by atoms with Crippen molar-refractivity contribution in [3.8, 4) is 0 Å². The van der Waals surface area contributed by atoms with E-state index >= 15 is 0 Å². The van der Waals surface area contributed by atoms with Crippen LogP contribution in [-0.4, -0.2) is 27.8 Å². The first kappa shape index (κ1) is 13.5. The van der Waals surface area contributed by atoms with Crippen molar-refractivity contribution in [2.75, 3.05) is 6.61 Å². The first-order valence-corrected chi connectivity index (χ1v) is 6.04. The van der Waals surface area contributed by atoms with E-state index in [2.05, 4.69) is 15.5 Å². The minimum absolute atomic E-state index is 0.152. The highest BCUT2D eigenvalue weighted by Crippen LogP contribution is 2.12. The van der Waals surface area contributed by atoms with Crippen molar-refractivity contribution in [1.82, 2.24) is 15.5 Å². The fraction of sp³-hybridized carbons (Fsp3) is 0.154. The number of nitrogens with one attached hydrogen (secondary N) is 1. The van der Waals surface area contributed by atoms with Gasteiger partial charge in [0.1, 0.15) is 0 Å². The lowest BCUT2D eigenvalue weighted by molar-refractivity contribution is 0.0910. The zero-order valence-electron chi connectivity index (χ0n) is 9.95. The molecule has 0 spiro atoms. The Labute approximate surface area is 115 Å². The third-order valence-corrected chi connectivity index (χ3v) is 2.76. The number of carbonyl (C=O) groups is 1. The van der Waals surface area contributed by atoms with E-state index in [1.165, 1.54) is 12.1 Å². The van der Waals surface area contributed by atoms with Crippen LogP contribution in [0.3, 0.4) is 0 Å². The molecule has 1 aromatic carbocycles. The number of benzene rings is 1. The summed E-state index contributed by atoms with van der Waals surface area (Å²) < 4.78 is 0. The zero-order valence-corrected chi connectivity index (χ0v) is 10.7. The standard InChI is InChI=1S/C13H12ClN3O2/c14-12-7-6-10(16-17-12)13(19)15-11(8-18)9-4-2-1-3-5-9/h1-7,11,18H,8H2,(H,15,19)/t11-/m0/s1. The van der Waals surface area contributed by atoms with Gasteiger partial charge in [0.2, 0.25) is 0 Å². The molecule has 2 rings (SSSR count). The molecule has 98 valence electrons. The van der Waals surface area contributed by atoms with E-state index in [0.29, 0.717) is 0 Å². The Morgan fingerprint density at radius 1 is 1.21 bits per heavy atom. The summed E-state index contributed by atoms with van der Waals surface area (Å²) in [6, 6.07) is 11.7. The van der Waals surface area contributed by atoms with Gasteiger partial charge in [-0.1, -0.05) is 41.9 Å². The van der Waals surface area contributed by atoms with E-state index in [1.807, 2.05) is 30.3 Å². The van der Waals surface area contributed by atoms with Crippen molar-refractivity contribution >= 4 is 17.5 Å². The Morgan fingerprint density at radius 2 is 1.95 bits per heavy atom. The van der Waals surface area contributed by atoms with Gasteiger partial charge in [-0.25, -0.2) is 0 Å². The maximum absolute atomic E-state index is 11.9. The summed E-state index contributed by atoms with van der Waals surface area (Å²) >= 11 is 5.60. The number of hydrogen-bond donors (Lipinski definition) is 2. The van der Waals surface area contributed by atoms with Crippen LogP contribution >= 0.6 is 11.6 Å². The molecule has 1 atom stereocenters. The number of amides is 1. The van der Waals surface area contributed by atoms with Crippen molar-refractivity contribution in [3.05, 3.63) is 58.9 Å². The van der Waals surface area contributed by atoms with Crippen molar-refractivity contribution in [2.45, 2.75) is 6.04 Å². The van der Waals surface area contributed by atoms with E-state index in [0.717, 1.165) is 5.56 Å². The van der Waals surface area contributed by atoms with Gasteiger partial charge in [0.05, 0.1) is 12.6 Å². The maximum atomic E-state index is 11.9. The number of rotatable bonds is 4. The van der Waals surface area contributed by atoms with E-state index in [-0.39, 0.29) is 17.5 Å². The average molecular weight is 278 g/mol. The van der Waals surface area contributed by atoms with Gasteiger partial charge in [-0.3, -0.25) is 4.79 Å². The van der Waals surface area contributed by atoms with Crippen LogP contribution in [0, 0.1) is 0 Å². The molecule has 0 unspecified atom stereocenters. The molecule has 5 nitrogen and oxygen atoms in total. The normalized spacial score (nSPS) is 11.9. The quantitative estimate of drug-likeness (QED) is 0.890. The van der Waals surface area contributed by atoms with E-state index in [4.69, 9.17) is 11.6 Å². The fourth-order valence-electron chi connectivity index (χ4n) is 1.59. The topological polar surface area (TPSA) is 75.1 Å². The molecule has 1 amide bonds. The lowest BCUT2D eigenvalue weighted by atomic mass is 10.1. The summed E-state index contributed by atoms with van der Waals surface area (Å²) in [5.41, 5.74) is 0.971. The molecule has 0 radical (unpaired) electrons. The number of carbonyl (C=O) groups excluding carboxylic acids is 1. The largest absolute Gasteiger partial charge is 0.394 e. The number of nitrogens with zero attached hydrogens (tertiary/aromatic N) is 2. The first-order valence-electron chi connectivity index (χ1n) is 5.66. The van der Waals surface area contributed by atoms with Gasteiger partial charge in [-0.15, -0.1) is 10.2 Å². The van der Waals surface area contributed by atoms with Crippen LogP contribution < -0.4 is 5.32 Å². The van der Waals surface area contributed by atoms with Crippen molar-refractivity contribution in [2.24, 2.45) is 0 Å². The molecule has 0 aliphatic carbocycles. The Bertz CT molecular complexity index is 546. The van der Waals surface area contributed by atoms with Crippen molar-refractivity contribution < 1.29 is 9.90 Å². The smallest absolute Gasteiger partial charge is 0.272 e. The Kier molecular flexibility index (Phi) is 4.43. The van der Waals surface area contributed by atoms with Crippen molar-refractivity contribution in [3.63, 3.8) is 0 Å². The summed E-state index contributed by atoms with van der Waals surface area (Å²) in [5, 5.41) is 19.5. The fourth-order valence-corrected chi connectivity index (χ4v) is 1.69. The molecule has 1 aromatic heterocycles. The Hall–Kier alpha value is -1.98. The van der Waals surface area contributed by atoms with Gasteiger partial charge in [-0.2, -0.15) is 0 Å². The highest BCUT2D eigenvalue weighted by Gasteiger charge is 2.15. The minimum Gasteiger partial charge on any atom is -0.394 e. The third-order valence-electron chi connectivity index (χ3n) is 2.55. The lowest BCUT2D eigenvalue weighted by Crippen LogP contribution is -2.31. The van der Waals surface area contributed by atoms with Crippen LogP contribution in [0.4, 0.5) is 0 Å². The van der Waals surface area contributed by atoms with Crippen LogP contribution in [0.15, 0.2) is 42.5 Å². The number of halogens is 1. The Morgan fingerprint density at radius 3 is 2.53 bits per heavy atom. The minimum atomic E-state index is -0.480. The second-order valence-electron chi connectivity index (χ2n) is 3.86. The molecule has 2 aromatic rings. The number of hydrogen-bond acceptors (Lipinski definition) is 4. The molecule has 19 heavy (non-hydrogen) atoms. The molecule has 1 heterocycles. The second kappa shape index (κ2) is 6.26. The molecule has 0 fully saturated rings. The molecule has 0 saturated carbocycles. The lowest BCUT2D eigenvalue weighted by Gasteiger charge is -2.16. The highest BCUT2D eigenvalue weighted by atomic mass is 35.5. The van der Waals surface area contributed by atoms with E-state index < -0.39 is 11.9 Å². The summed E-state index contributed by atoms with van der Waals surface area (Å²) in [5.74, 6) is -0.410. The van der Waals surface area contributed by atoms with Gasteiger partial charge >= 0.3 is 0 Å². The Balaban J connectivity index is 2.10. The molecular formula is C13H12ClN3O2. The number of aromatic nitrogens is 2. The van der Waals surface area contributed by atoms with Gasteiger partial charge in [0.25, 0.3) is 5.91 Å². The molecule has 0 saturated heterocycles. The van der Waals surface area contributed by atoms with Crippen LogP contribution in [0.1, 0.15) is 22.1 Å². The van der Waals surface area contributed by atoms with Crippen molar-refractivity contribution in [1.29, 1.82) is 0 Å². The predicted molar refractivity (Wildman–Crippen MR) is 70.8 cm³/mol. The van der Waals surface area contributed by atoms with Gasteiger partial charge in [0, 0.05) is 0 Å². The van der Waals surface area contributed by atoms with Gasteiger partial charge in [0.15, 0.2) is 10.8 Å². The van der Waals surface area contributed by atoms with E-state index in [1.54, 1.807) is 0 Å². The summed E-state index contributed by atoms with van der Waals surface area (Å²) in [6.45, 7) is -0.198. The molecule has 2 N–H and O–H groups in total.